The number of hydrogen-bond acceptors (Lipinski definition) is 5. The van der Waals surface area contributed by atoms with Crippen molar-refractivity contribution in [2.24, 2.45) is 5.73 Å². The number of sulfonamides is 1. The summed E-state index contributed by atoms with van der Waals surface area (Å²) < 4.78 is 41.2. The summed E-state index contributed by atoms with van der Waals surface area (Å²) in [4.78, 5) is 4.16. The van der Waals surface area contributed by atoms with Crippen molar-refractivity contribution < 1.29 is 12.8 Å². The SMILES string of the molecule is NCc1cc(Br)cc(S(=O)(=O)NCc2cncs2)c1F. The lowest BCUT2D eigenvalue weighted by Gasteiger charge is -2.10. The van der Waals surface area contributed by atoms with Crippen molar-refractivity contribution in [3.63, 3.8) is 0 Å². The van der Waals surface area contributed by atoms with E-state index in [1.807, 2.05) is 0 Å². The molecule has 2 aromatic rings. The zero-order valence-electron chi connectivity index (χ0n) is 10.1. The van der Waals surface area contributed by atoms with E-state index in [-0.39, 0.29) is 18.7 Å². The molecule has 5 nitrogen and oxygen atoms in total. The molecule has 108 valence electrons. The fraction of sp³-hybridized carbons (Fsp3) is 0.182. The number of rotatable bonds is 5. The third-order valence-corrected chi connectivity index (χ3v) is 5.15. The van der Waals surface area contributed by atoms with Crippen molar-refractivity contribution in [2.45, 2.75) is 18.0 Å². The Labute approximate surface area is 128 Å². The highest BCUT2D eigenvalue weighted by Gasteiger charge is 2.22. The van der Waals surface area contributed by atoms with E-state index in [4.69, 9.17) is 5.73 Å². The smallest absolute Gasteiger partial charge is 0.243 e. The van der Waals surface area contributed by atoms with E-state index in [1.54, 1.807) is 11.7 Å². The highest BCUT2D eigenvalue weighted by atomic mass is 79.9. The van der Waals surface area contributed by atoms with Crippen LogP contribution < -0.4 is 10.5 Å². The zero-order valence-corrected chi connectivity index (χ0v) is 13.4. The Morgan fingerprint density at radius 3 is 2.80 bits per heavy atom. The summed E-state index contributed by atoms with van der Waals surface area (Å²) >= 11 is 4.46. The van der Waals surface area contributed by atoms with E-state index in [0.717, 1.165) is 4.88 Å². The first-order chi connectivity index (χ1) is 9.44. The normalized spacial score (nSPS) is 11.8. The number of nitrogens with one attached hydrogen (secondary N) is 1. The van der Waals surface area contributed by atoms with Crippen LogP contribution in [0.3, 0.4) is 0 Å². The molecule has 3 N–H and O–H groups in total. The Hall–Kier alpha value is -0.870. The molecule has 0 radical (unpaired) electrons. The summed E-state index contributed by atoms with van der Waals surface area (Å²) in [7, 11) is -3.95. The number of nitrogens with zero attached hydrogens (tertiary/aromatic N) is 1. The first-order valence-corrected chi connectivity index (χ1v) is 8.64. The Balaban J connectivity index is 2.31. The van der Waals surface area contributed by atoms with E-state index in [1.165, 1.54) is 23.5 Å². The number of thiazole rings is 1. The molecular formula is C11H11BrFN3O2S2. The maximum absolute atomic E-state index is 14.1. The van der Waals surface area contributed by atoms with Gasteiger partial charge in [-0.25, -0.2) is 17.5 Å². The third-order valence-electron chi connectivity index (χ3n) is 2.51. The lowest BCUT2D eigenvalue weighted by atomic mass is 10.2. The maximum Gasteiger partial charge on any atom is 0.243 e. The van der Waals surface area contributed by atoms with Crippen LogP contribution in [-0.4, -0.2) is 13.4 Å². The van der Waals surface area contributed by atoms with Crippen molar-refractivity contribution in [3.8, 4) is 0 Å². The van der Waals surface area contributed by atoms with Gasteiger partial charge in [-0.05, 0) is 12.1 Å². The topological polar surface area (TPSA) is 85.1 Å². The molecule has 2 rings (SSSR count). The minimum absolute atomic E-state index is 0.0664. The second kappa shape index (κ2) is 6.27. The first-order valence-electron chi connectivity index (χ1n) is 5.49. The van der Waals surface area contributed by atoms with Crippen LogP contribution in [-0.2, 0) is 23.1 Å². The molecule has 0 spiro atoms. The second-order valence-corrected chi connectivity index (χ2v) is 7.50. The summed E-state index contributed by atoms with van der Waals surface area (Å²) in [5.41, 5.74) is 7.13. The van der Waals surface area contributed by atoms with E-state index in [2.05, 4.69) is 25.6 Å². The van der Waals surface area contributed by atoms with E-state index >= 15 is 0 Å². The zero-order chi connectivity index (χ0) is 14.8. The fourth-order valence-electron chi connectivity index (χ4n) is 1.54. The van der Waals surface area contributed by atoms with Crippen LogP contribution in [0.1, 0.15) is 10.4 Å². The molecule has 9 heteroatoms. The predicted molar refractivity (Wildman–Crippen MR) is 78.1 cm³/mol. The molecule has 1 aromatic carbocycles. The molecule has 0 amide bonds. The van der Waals surface area contributed by atoms with Crippen LogP contribution in [0.15, 0.2) is 33.2 Å². The lowest BCUT2D eigenvalue weighted by molar-refractivity contribution is 0.549. The Morgan fingerprint density at radius 2 is 2.20 bits per heavy atom. The standard InChI is InChI=1S/C11H11BrFN3O2S2/c12-8-1-7(3-14)11(13)10(2-8)20(17,18)16-5-9-4-15-6-19-9/h1-2,4,6,16H,3,5,14H2. The third kappa shape index (κ3) is 3.41. The van der Waals surface area contributed by atoms with Gasteiger partial charge in [0.1, 0.15) is 10.7 Å². The average Bonchev–Trinajstić information content (AvgIpc) is 2.92. The van der Waals surface area contributed by atoms with Gasteiger partial charge in [-0.2, -0.15) is 0 Å². The van der Waals surface area contributed by atoms with Crippen LogP contribution in [0, 0.1) is 5.82 Å². The van der Waals surface area contributed by atoms with Crippen molar-refractivity contribution in [1.82, 2.24) is 9.71 Å². The maximum atomic E-state index is 14.1. The van der Waals surface area contributed by atoms with Crippen LogP contribution in [0.4, 0.5) is 4.39 Å². The highest BCUT2D eigenvalue weighted by Crippen LogP contribution is 2.24. The molecule has 0 saturated carbocycles. The fourth-order valence-corrected chi connectivity index (χ4v) is 3.97. The van der Waals surface area contributed by atoms with Gasteiger partial charge >= 0.3 is 0 Å². The van der Waals surface area contributed by atoms with Gasteiger partial charge in [-0.1, -0.05) is 15.9 Å². The molecule has 1 heterocycles. The largest absolute Gasteiger partial charge is 0.326 e. The van der Waals surface area contributed by atoms with Gasteiger partial charge in [0, 0.05) is 34.2 Å². The summed E-state index contributed by atoms with van der Waals surface area (Å²) in [6, 6.07) is 2.67. The summed E-state index contributed by atoms with van der Waals surface area (Å²) in [6.07, 6.45) is 1.55. The summed E-state index contributed by atoms with van der Waals surface area (Å²) in [6.45, 7) is -0.0143. The van der Waals surface area contributed by atoms with Crippen molar-refractivity contribution in [1.29, 1.82) is 0 Å². The molecular weight excluding hydrogens is 369 g/mol. The summed E-state index contributed by atoms with van der Waals surface area (Å²) in [5, 5.41) is 0. The molecule has 1 aromatic heterocycles. The first kappa shape index (κ1) is 15.5. The number of halogens is 2. The molecule has 20 heavy (non-hydrogen) atoms. The number of benzene rings is 1. The molecule has 0 aliphatic rings. The molecule has 0 aliphatic heterocycles. The molecule has 0 saturated heterocycles. The molecule has 0 unspecified atom stereocenters. The second-order valence-electron chi connectivity index (χ2n) is 3.87. The van der Waals surface area contributed by atoms with Crippen LogP contribution in [0.2, 0.25) is 0 Å². The molecule has 0 atom stereocenters. The molecule has 0 aliphatic carbocycles. The van der Waals surface area contributed by atoms with Gasteiger partial charge in [0.25, 0.3) is 0 Å². The average molecular weight is 380 g/mol. The quantitative estimate of drug-likeness (QED) is 0.831. The van der Waals surface area contributed by atoms with Gasteiger partial charge < -0.3 is 5.73 Å². The summed E-state index contributed by atoms with van der Waals surface area (Å²) in [5.74, 6) is -0.826. The van der Waals surface area contributed by atoms with Gasteiger partial charge in [-0.3, -0.25) is 4.98 Å². The molecule has 0 fully saturated rings. The van der Waals surface area contributed by atoms with E-state index in [0.29, 0.717) is 4.47 Å². The van der Waals surface area contributed by atoms with Gasteiger partial charge in [0.2, 0.25) is 10.0 Å². The van der Waals surface area contributed by atoms with Crippen molar-refractivity contribution in [2.75, 3.05) is 0 Å². The van der Waals surface area contributed by atoms with Gasteiger partial charge in [0.15, 0.2) is 0 Å². The minimum atomic E-state index is -3.95. The lowest BCUT2D eigenvalue weighted by Crippen LogP contribution is -2.24. The van der Waals surface area contributed by atoms with E-state index in [9.17, 15) is 12.8 Å². The van der Waals surface area contributed by atoms with Crippen molar-refractivity contribution >= 4 is 37.3 Å². The van der Waals surface area contributed by atoms with Crippen molar-refractivity contribution in [3.05, 3.63) is 44.6 Å². The number of nitrogens with two attached hydrogens (primary N) is 1. The Morgan fingerprint density at radius 1 is 1.45 bits per heavy atom. The van der Waals surface area contributed by atoms with Gasteiger partial charge in [-0.15, -0.1) is 11.3 Å². The minimum Gasteiger partial charge on any atom is -0.326 e. The number of aromatic nitrogens is 1. The molecule has 0 bridgehead atoms. The Bertz CT molecular complexity index is 705. The van der Waals surface area contributed by atoms with Crippen LogP contribution in [0.5, 0.6) is 0 Å². The highest BCUT2D eigenvalue weighted by molar-refractivity contribution is 9.10. The monoisotopic (exact) mass is 379 g/mol. The number of hydrogen-bond donors (Lipinski definition) is 2. The van der Waals surface area contributed by atoms with Crippen LogP contribution in [0.25, 0.3) is 0 Å². The van der Waals surface area contributed by atoms with E-state index < -0.39 is 20.7 Å². The van der Waals surface area contributed by atoms with Gasteiger partial charge in [0.05, 0.1) is 5.51 Å². The Kier molecular flexibility index (Phi) is 4.86. The van der Waals surface area contributed by atoms with Crippen LogP contribution >= 0.6 is 27.3 Å². The predicted octanol–water partition coefficient (Wildman–Crippen LogP) is 1.98.